The highest BCUT2D eigenvalue weighted by molar-refractivity contribution is 7.91. The molecule has 1 N–H and O–H groups in total. The fraction of sp³-hybridized carbons (Fsp3) is 0.462. The van der Waals surface area contributed by atoms with Crippen molar-refractivity contribution < 1.29 is 13.2 Å². The Balaban J connectivity index is 1.86. The largest absolute Gasteiger partial charge is 0.305 e. The van der Waals surface area contributed by atoms with Gasteiger partial charge < -0.3 is 5.32 Å². The maximum Gasteiger partial charge on any atom is 0.275 e. The number of sulfone groups is 1. The molecule has 1 amide bonds. The lowest BCUT2D eigenvalue weighted by atomic mass is 10.3. The van der Waals surface area contributed by atoms with Gasteiger partial charge in [0.2, 0.25) is 0 Å². The topological polar surface area (TPSA) is 98.9 Å². The predicted molar refractivity (Wildman–Crippen MR) is 80.4 cm³/mol. The highest BCUT2D eigenvalue weighted by atomic mass is 32.2. The van der Waals surface area contributed by atoms with E-state index in [1.54, 1.807) is 37.0 Å². The summed E-state index contributed by atoms with van der Waals surface area (Å²) in [5, 5.41) is 11.1. The Kier molecular flexibility index (Phi) is 3.51. The van der Waals surface area contributed by atoms with Gasteiger partial charge in [-0.15, -0.1) is 0 Å². The molecule has 0 saturated carbocycles. The van der Waals surface area contributed by atoms with Crippen LogP contribution in [0.2, 0.25) is 0 Å². The van der Waals surface area contributed by atoms with Crippen LogP contribution in [-0.2, 0) is 16.9 Å². The van der Waals surface area contributed by atoms with E-state index in [2.05, 4.69) is 15.5 Å². The van der Waals surface area contributed by atoms with Crippen molar-refractivity contribution in [3.8, 4) is 0 Å². The summed E-state index contributed by atoms with van der Waals surface area (Å²) < 4.78 is 26.4. The monoisotopic (exact) mass is 323 g/mol. The Morgan fingerprint density at radius 3 is 2.82 bits per heavy atom. The van der Waals surface area contributed by atoms with Crippen LogP contribution in [-0.4, -0.2) is 45.4 Å². The van der Waals surface area contributed by atoms with Crippen LogP contribution < -0.4 is 5.32 Å². The van der Waals surface area contributed by atoms with E-state index in [9.17, 15) is 13.2 Å². The molecule has 0 unspecified atom stereocenters. The van der Waals surface area contributed by atoms with Gasteiger partial charge in [0.1, 0.15) is 11.5 Å². The fourth-order valence-corrected chi connectivity index (χ4v) is 4.33. The molecule has 118 valence electrons. The Hall–Kier alpha value is -2.16. The molecule has 3 heterocycles. The zero-order valence-electron chi connectivity index (χ0n) is 12.4. The van der Waals surface area contributed by atoms with E-state index < -0.39 is 9.84 Å². The Labute approximate surface area is 128 Å². The second kappa shape index (κ2) is 5.24. The summed E-state index contributed by atoms with van der Waals surface area (Å²) in [6, 6.07) is 3.11. The summed E-state index contributed by atoms with van der Waals surface area (Å²) in [4.78, 5) is 12.3. The first-order valence-corrected chi connectivity index (χ1v) is 8.74. The van der Waals surface area contributed by atoms with Crippen molar-refractivity contribution in [2.45, 2.75) is 19.4 Å². The summed E-state index contributed by atoms with van der Waals surface area (Å²) in [5.74, 6) is 0.418. The normalized spacial score (nSPS) is 20.2. The number of aromatic nitrogens is 4. The van der Waals surface area contributed by atoms with E-state index in [1.165, 1.54) is 4.68 Å². The van der Waals surface area contributed by atoms with Gasteiger partial charge in [-0.25, -0.2) is 13.1 Å². The highest BCUT2D eigenvalue weighted by Crippen LogP contribution is 2.27. The third kappa shape index (κ3) is 2.76. The Morgan fingerprint density at radius 2 is 2.23 bits per heavy atom. The van der Waals surface area contributed by atoms with Crippen molar-refractivity contribution in [3.63, 3.8) is 0 Å². The molecule has 0 spiro atoms. The molecule has 2 aromatic heterocycles. The molecule has 1 fully saturated rings. The van der Waals surface area contributed by atoms with Gasteiger partial charge in [-0.3, -0.25) is 9.48 Å². The minimum absolute atomic E-state index is 0.0582. The van der Waals surface area contributed by atoms with Crippen LogP contribution in [0.5, 0.6) is 0 Å². The molecule has 8 nitrogen and oxygen atoms in total. The number of rotatable bonds is 3. The molecule has 1 atom stereocenters. The number of anilines is 1. The van der Waals surface area contributed by atoms with Crippen molar-refractivity contribution in [1.82, 2.24) is 19.6 Å². The summed E-state index contributed by atoms with van der Waals surface area (Å²) >= 11 is 0. The molecule has 3 rings (SSSR count). The first-order chi connectivity index (χ1) is 10.4. The molecule has 2 aromatic rings. The second-order valence-electron chi connectivity index (χ2n) is 5.47. The van der Waals surface area contributed by atoms with E-state index in [1.807, 2.05) is 0 Å². The smallest absolute Gasteiger partial charge is 0.275 e. The zero-order chi connectivity index (χ0) is 15.9. The third-order valence-electron chi connectivity index (χ3n) is 3.71. The van der Waals surface area contributed by atoms with E-state index in [-0.39, 0.29) is 23.5 Å². The van der Waals surface area contributed by atoms with Gasteiger partial charge >= 0.3 is 0 Å². The fourth-order valence-electron chi connectivity index (χ4n) is 2.63. The van der Waals surface area contributed by atoms with Crippen molar-refractivity contribution >= 4 is 21.6 Å². The van der Waals surface area contributed by atoms with Gasteiger partial charge in [0, 0.05) is 19.3 Å². The molecule has 0 aromatic carbocycles. The van der Waals surface area contributed by atoms with Crippen molar-refractivity contribution in [3.05, 3.63) is 29.7 Å². The predicted octanol–water partition coefficient (Wildman–Crippen LogP) is 0.537. The third-order valence-corrected chi connectivity index (χ3v) is 5.46. The molecular weight excluding hydrogens is 306 g/mol. The quantitative estimate of drug-likeness (QED) is 0.888. The van der Waals surface area contributed by atoms with Gasteiger partial charge in [0.15, 0.2) is 9.84 Å². The van der Waals surface area contributed by atoms with Gasteiger partial charge in [0.25, 0.3) is 5.91 Å². The first kappa shape index (κ1) is 14.8. The minimum Gasteiger partial charge on any atom is -0.305 e. The molecule has 1 aliphatic rings. The molecule has 22 heavy (non-hydrogen) atoms. The van der Waals surface area contributed by atoms with E-state index in [0.29, 0.717) is 17.9 Å². The molecule has 0 radical (unpaired) electrons. The number of nitrogens with one attached hydrogen (secondary N) is 1. The lowest BCUT2D eigenvalue weighted by molar-refractivity contribution is 0.101. The lowest BCUT2D eigenvalue weighted by Gasteiger charge is -2.13. The van der Waals surface area contributed by atoms with Crippen molar-refractivity contribution in [1.29, 1.82) is 0 Å². The van der Waals surface area contributed by atoms with Gasteiger partial charge in [0.05, 0.1) is 23.2 Å². The second-order valence-corrected chi connectivity index (χ2v) is 7.70. The summed E-state index contributed by atoms with van der Waals surface area (Å²) in [7, 11) is -1.34. The number of hydrogen-bond acceptors (Lipinski definition) is 5. The van der Waals surface area contributed by atoms with Crippen LogP contribution in [0.3, 0.4) is 0 Å². The Morgan fingerprint density at radius 1 is 1.45 bits per heavy atom. The van der Waals surface area contributed by atoms with Crippen molar-refractivity contribution in [2.75, 3.05) is 16.8 Å². The van der Waals surface area contributed by atoms with Gasteiger partial charge in [-0.1, -0.05) is 0 Å². The van der Waals surface area contributed by atoms with Crippen LogP contribution in [0.4, 0.5) is 5.82 Å². The van der Waals surface area contributed by atoms with Crippen molar-refractivity contribution in [2.24, 2.45) is 7.05 Å². The van der Waals surface area contributed by atoms with E-state index >= 15 is 0 Å². The maximum atomic E-state index is 12.3. The number of hydrogen-bond donors (Lipinski definition) is 1. The van der Waals surface area contributed by atoms with Crippen LogP contribution in [0.15, 0.2) is 18.3 Å². The molecule has 0 bridgehead atoms. The summed E-state index contributed by atoms with van der Waals surface area (Å²) in [5.41, 5.74) is 1.15. The van der Waals surface area contributed by atoms with E-state index in [0.717, 1.165) is 5.69 Å². The molecule has 1 aliphatic heterocycles. The summed E-state index contributed by atoms with van der Waals surface area (Å²) in [6.07, 6.45) is 2.05. The molecular formula is C13H17N5O3S. The number of nitrogens with zero attached hydrogens (tertiary/aromatic N) is 4. The van der Waals surface area contributed by atoms with E-state index in [4.69, 9.17) is 0 Å². The van der Waals surface area contributed by atoms with Gasteiger partial charge in [-0.05, 0) is 19.4 Å². The maximum absolute atomic E-state index is 12.3. The summed E-state index contributed by atoms with van der Waals surface area (Å²) in [6.45, 7) is 1.81. The molecule has 0 aliphatic carbocycles. The number of carbonyl (C=O) groups is 1. The Bertz CT molecular complexity index is 821. The van der Waals surface area contributed by atoms with Gasteiger partial charge in [-0.2, -0.15) is 10.2 Å². The molecule has 1 saturated heterocycles. The SMILES string of the molecule is Cc1cc(NC(=O)c2ccnn2C)n([C@@H]2CCS(=O)(=O)C2)n1. The average molecular weight is 323 g/mol. The number of carbonyl (C=O) groups excluding carboxylic acids is 1. The average Bonchev–Trinajstić information content (AvgIpc) is 3.09. The van der Waals surface area contributed by atoms with Crippen LogP contribution in [0.1, 0.15) is 28.6 Å². The lowest BCUT2D eigenvalue weighted by Crippen LogP contribution is -2.21. The number of aryl methyl sites for hydroxylation is 2. The number of amides is 1. The molecule has 9 heteroatoms. The zero-order valence-corrected chi connectivity index (χ0v) is 13.2. The van der Waals surface area contributed by atoms with Crippen LogP contribution in [0.25, 0.3) is 0 Å². The standard InChI is InChI=1S/C13H17N5O3S/c1-9-7-12(15-13(19)11-3-5-14-17(11)2)18(16-9)10-4-6-22(20,21)8-10/h3,5,7,10H,4,6,8H2,1-2H3,(H,15,19)/t10-/m1/s1. The first-order valence-electron chi connectivity index (χ1n) is 6.92. The minimum atomic E-state index is -3.02. The van der Waals surface area contributed by atoms with Crippen LogP contribution >= 0.6 is 0 Å². The highest BCUT2D eigenvalue weighted by Gasteiger charge is 2.31. The van der Waals surface area contributed by atoms with Crippen LogP contribution in [0, 0.1) is 6.92 Å².